The summed E-state index contributed by atoms with van der Waals surface area (Å²) >= 11 is 1.09. The number of hydrogen-bond acceptors (Lipinski definition) is 6. The van der Waals surface area contributed by atoms with Crippen molar-refractivity contribution in [2.45, 2.75) is 6.54 Å². The molecule has 0 spiro atoms. The number of nitrogens with one attached hydrogen (secondary N) is 2. The Morgan fingerprint density at radius 3 is 2.88 bits per heavy atom. The fourth-order valence-corrected chi connectivity index (χ4v) is 1.77. The molecule has 0 aliphatic rings. The predicted octanol–water partition coefficient (Wildman–Crippen LogP) is 1.35. The van der Waals surface area contributed by atoms with Gasteiger partial charge in [0.15, 0.2) is 0 Å². The molecule has 0 saturated heterocycles. The average molecular weight is 252 g/mol. The minimum atomic E-state index is -0.507. The van der Waals surface area contributed by atoms with E-state index >= 15 is 0 Å². The molecule has 0 bridgehead atoms. The fourth-order valence-electron chi connectivity index (χ4n) is 1.18. The zero-order valence-electron chi connectivity index (χ0n) is 8.54. The smallest absolute Gasteiger partial charge is 0.304 e. The molecule has 0 saturated carbocycles. The molecule has 2 rings (SSSR count). The molecular formula is C9H8N4O3S. The predicted molar refractivity (Wildman–Crippen MR) is 63.2 cm³/mol. The van der Waals surface area contributed by atoms with Crippen molar-refractivity contribution < 1.29 is 4.92 Å². The molecule has 8 heteroatoms. The molecule has 2 aromatic rings. The minimum absolute atomic E-state index is 0.0560. The summed E-state index contributed by atoms with van der Waals surface area (Å²) in [5.41, 5.74) is 0.694. The zero-order valence-corrected chi connectivity index (χ0v) is 9.36. The van der Waals surface area contributed by atoms with Crippen molar-refractivity contribution in [2.24, 2.45) is 0 Å². The summed E-state index contributed by atoms with van der Waals surface area (Å²) in [5, 5.41) is 15.1. The highest BCUT2D eigenvalue weighted by atomic mass is 32.1. The van der Waals surface area contributed by atoms with E-state index in [4.69, 9.17) is 0 Å². The summed E-state index contributed by atoms with van der Waals surface area (Å²) in [5.74, 6) is 0.516. The second-order valence-corrected chi connectivity index (χ2v) is 4.03. The highest BCUT2D eigenvalue weighted by molar-refractivity contribution is 7.07. The van der Waals surface area contributed by atoms with E-state index in [1.54, 1.807) is 5.38 Å². The van der Waals surface area contributed by atoms with Crippen LogP contribution in [0.25, 0.3) is 0 Å². The first-order valence-corrected chi connectivity index (χ1v) is 5.54. The van der Waals surface area contributed by atoms with Crippen molar-refractivity contribution in [1.82, 2.24) is 9.97 Å². The van der Waals surface area contributed by atoms with Crippen LogP contribution in [0.1, 0.15) is 5.69 Å². The molecule has 0 radical (unpaired) electrons. The van der Waals surface area contributed by atoms with Gasteiger partial charge in [0.1, 0.15) is 12.0 Å². The summed E-state index contributed by atoms with van der Waals surface area (Å²) in [6.07, 6.45) is 1.18. The topological polar surface area (TPSA) is 101 Å². The lowest BCUT2D eigenvalue weighted by atomic mass is 10.4. The van der Waals surface area contributed by atoms with Gasteiger partial charge in [0.05, 0.1) is 11.5 Å². The Hall–Kier alpha value is -2.22. The monoisotopic (exact) mass is 252 g/mol. The van der Waals surface area contributed by atoms with E-state index < -0.39 is 4.92 Å². The van der Waals surface area contributed by atoms with Gasteiger partial charge < -0.3 is 10.3 Å². The van der Waals surface area contributed by atoms with E-state index in [0.717, 1.165) is 17.0 Å². The van der Waals surface area contributed by atoms with Crippen molar-refractivity contribution in [3.8, 4) is 0 Å². The van der Waals surface area contributed by atoms with Crippen molar-refractivity contribution in [1.29, 1.82) is 0 Å². The zero-order chi connectivity index (χ0) is 12.3. The van der Waals surface area contributed by atoms with Gasteiger partial charge in [0, 0.05) is 17.1 Å². The standard InChI is InChI=1S/C9H8N4O3S/c14-9-12-6(5-17-9)3-10-8-2-1-7(4-11-8)13(15)16/h1-2,4-5H,3H2,(H,10,11)(H,12,14). The number of anilines is 1. The maximum Gasteiger partial charge on any atom is 0.304 e. The second kappa shape index (κ2) is 4.74. The van der Waals surface area contributed by atoms with E-state index in [0.29, 0.717) is 12.4 Å². The quantitative estimate of drug-likeness (QED) is 0.631. The van der Waals surface area contributed by atoms with Crippen LogP contribution in [0.15, 0.2) is 28.5 Å². The first kappa shape index (κ1) is 11.3. The van der Waals surface area contributed by atoms with Crippen molar-refractivity contribution >= 4 is 22.8 Å². The van der Waals surface area contributed by atoms with Gasteiger partial charge in [0.25, 0.3) is 5.69 Å². The molecule has 2 aromatic heterocycles. The highest BCUT2D eigenvalue weighted by Crippen LogP contribution is 2.12. The molecule has 7 nitrogen and oxygen atoms in total. The summed E-state index contributed by atoms with van der Waals surface area (Å²) in [6.45, 7) is 0.420. The van der Waals surface area contributed by atoms with Gasteiger partial charge >= 0.3 is 4.87 Å². The summed E-state index contributed by atoms with van der Waals surface area (Å²) in [4.78, 5) is 27.2. The van der Waals surface area contributed by atoms with Gasteiger partial charge in [-0.05, 0) is 6.07 Å². The molecule has 0 aromatic carbocycles. The van der Waals surface area contributed by atoms with Gasteiger partial charge in [-0.25, -0.2) is 4.98 Å². The maximum atomic E-state index is 10.9. The normalized spacial score (nSPS) is 10.1. The number of pyridine rings is 1. The van der Waals surface area contributed by atoms with Gasteiger partial charge in [-0.2, -0.15) is 0 Å². The van der Waals surface area contributed by atoms with E-state index in [2.05, 4.69) is 15.3 Å². The Bertz CT molecular complexity index is 574. The highest BCUT2D eigenvalue weighted by Gasteiger charge is 2.05. The first-order valence-electron chi connectivity index (χ1n) is 4.66. The van der Waals surface area contributed by atoms with Crippen LogP contribution in [0.2, 0.25) is 0 Å². The number of nitrogens with zero attached hydrogens (tertiary/aromatic N) is 2. The third-order valence-corrected chi connectivity index (χ3v) is 2.71. The number of nitro groups is 1. The molecular weight excluding hydrogens is 244 g/mol. The van der Waals surface area contributed by atoms with Gasteiger partial charge in [-0.1, -0.05) is 11.3 Å². The van der Waals surface area contributed by atoms with Crippen molar-refractivity contribution in [2.75, 3.05) is 5.32 Å². The van der Waals surface area contributed by atoms with Crippen LogP contribution < -0.4 is 10.2 Å². The third kappa shape index (κ3) is 2.88. The number of aromatic nitrogens is 2. The van der Waals surface area contributed by atoms with Crippen LogP contribution in [0.3, 0.4) is 0 Å². The van der Waals surface area contributed by atoms with Gasteiger partial charge in [0.2, 0.25) is 0 Å². The molecule has 2 N–H and O–H groups in total. The first-order chi connectivity index (χ1) is 8.15. The summed E-state index contributed by atoms with van der Waals surface area (Å²) in [7, 11) is 0. The molecule has 0 amide bonds. The van der Waals surface area contributed by atoms with Crippen LogP contribution in [-0.4, -0.2) is 14.9 Å². The lowest BCUT2D eigenvalue weighted by molar-refractivity contribution is -0.385. The SMILES string of the molecule is O=c1[nH]c(CNc2ccc([N+](=O)[O-])cn2)cs1. The number of H-pyrrole nitrogens is 1. The molecule has 0 fully saturated rings. The average Bonchev–Trinajstić information content (AvgIpc) is 2.73. The summed E-state index contributed by atoms with van der Waals surface area (Å²) < 4.78 is 0. The molecule has 0 unspecified atom stereocenters. The Kier molecular flexibility index (Phi) is 3.15. The molecule has 88 valence electrons. The van der Waals surface area contributed by atoms with E-state index in [9.17, 15) is 14.9 Å². The van der Waals surface area contributed by atoms with Crippen LogP contribution in [-0.2, 0) is 6.54 Å². The van der Waals surface area contributed by atoms with Crippen LogP contribution in [0.4, 0.5) is 11.5 Å². The Balaban J connectivity index is 2.00. The third-order valence-electron chi connectivity index (χ3n) is 1.99. The van der Waals surface area contributed by atoms with Crippen molar-refractivity contribution in [3.63, 3.8) is 0 Å². The van der Waals surface area contributed by atoms with Crippen molar-refractivity contribution in [3.05, 3.63) is 49.2 Å². The van der Waals surface area contributed by atoms with E-state index in [-0.39, 0.29) is 10.6 Å². The number of hydrogen-bond donors (Lipinski definition) is 2. The van der Waals surface area contributed by atoms with Gasteiger partial charge in [-0.3, -0.25) is 14.9 Å². The molecule has 17 heavy (non-hydrogen) atoms. The maximum absolute atomic E-state index is 10.9. The minimum Gasteiger partial charge on any atom is -0.364 e. The van der Waals surface area contributed by atoms with Crippen LogP contribution >= 0.6 is 11.3 Å². The van der Waals surface area contributed by atoms with Crippen LogP contribution in [0, 0.1) is 10.1 Å². The molecule has 2 heterocycles. The lowest BCUT2D eigenvalue weighted by Crippen LogP contribution is -2.04. The number of aromatic amines is 1. The Morgan fingerprint density at radius 1 is 1.53 bits per heavy atom. The lowest BCUT2D eigenvalue weighted by Gasteiger charge is -2.02. The second-order valence-electron chi connectivity index (χ2n) is 3.19. The number of rotatable bonds is 4. The largest absolute Gasteiger partial charge is 0.364 e. The Morgan fingerprint density at radius 2 is 2.35 bits per heavy atom. The van der Waals surface area contributed by atoms with E-state index in [1.807, 2.05) is 0 Å². The molecule has 0 atom stereocenters. The molecule has 0 aliphatic carbocycles. The number of thiazole rings is 1. The van der Waals surface area contributed by atoms with E-state index in [1.165, 1.54) is 18.3 Å². The summed E-state index contributed by atoms with van der Waals surface area (Å²) in [6, 6.07) is 2.88. The Labute approximate surface area is 99.3 Å². The molecule has 0 aliphatic heterocycles. The fraction of sp³-hybridized carbons (Fsp3) is 0.111. The van der Waals surface area contributed by atoms with Gasteiger partial charge in [-0.15, -0.1) is 0 Å². The van der Waals surface area contributed by atoms with Crippen LogP contribution in [0.5, 0.6) is 0 Å².